The molecule has 2 N–H and O–H groups in total. The SMILES string of the molecule is COC(=O)[C@H]1[C@@H](NC(=O)C(O)c2ccccc2)C(=O)N1S(=O)(=O)[O-].[Na+]. The van der Waals surface area contributed by atoms with E-state index in [1.54, 1.807) is 18.2 Å². The first-order chi connectivity index (χ1) is 11.2. The third-order valence-corrected chi connectivity index (χ3v) is 4.29. The van der Waals surface area contributed by atoms with Crippen molar-refractivity contribution < 1.29 is 66.8 Å². The van der Waals surface area contributed by atoms with Gasteiger partial charge in [-0.3, -0.25) is 9.59 Å². The number of hydrogen-bond donors (Lipinski definition) is 2. The third-order valence-electron chi connectivity index (χ3n) is 3.40. The Morgan fingerprint density at radius 3 is 2.36 bits per heavy atom. The summed E-state index contributed by atoms with van der Waals surface area (Å²) >= 11 is 0. The number of nitrogens with zero attached hydrogens (tertiary/aromatic N) is 1. The minimum absolute atomic E-state index is 0. The number of benzene rings is 1. The normalized spacial score (nSPS) is 20.8. The van der Waals surface area contributed by atoms with Gasteiger partial charge in [-0.1, -0.05) is 30.3 Å². The molecule has 0 saturated carbocycles. The fraction of sp³-hybridized carbons (Fsp3) is 0.308. The van der Waals surface area contributed by atoms with Crippen LogP contribution in [0.25, 0.3) is 0 Å². The van der Waals surface area contributed by atoms with Gasteiger partial charge in [0.05, 0.1) is 7.11 Å². The molecule has 12 heteroatoms. The molecular weight excluding hydrogens is 367 g/mol. The molecule has 1 saturated heterocycles. The molecule has 0 bridgehead atoms. The van der Waals surface area contributed by atoms with Gasteiger partial charge >= 0.3 is 35.5 Å². The van der Waals surface area contributed by atoms with Gasteiger partial charge in [-0.25, -0.2) is 17.5 Å². The summed E-state index contributed by atoms with van der Waals surface area (Å²) < 4.78 is 37.2. The van der Waals surface area contributed by atoms with Gasteiger partial charge in [0.25, 0.3) is 11.8 Å². The van der Waals surface area contributed by atoms with Crippen LogP contribution in [0.4, 0.5) is 0 Å². The Labute approximate surface area is 165 Å². The van der Waals surface area contributed by atoms with Crippen LogP contribution >= 0.6 is 0 Å². The van der Waals surface area contributed by atoms with E-state index in [0.717, 1.165) is 7.11 Å². The van der Waals surface area contributed by atoms with Crippen LogP contribution < -0.4 is 34.9 Å². The van der Waals surface area contributed by atoms with Gasteiger partial charge in [0.2, 0.25) is 0 Å². The zero-order valence-electron chi connectivity index (χ0n) is 13.3. The molecule has 2 rings (SSSR count). The fourth-order valence-electron chi connectivity index (χ4n) is 2.22. The van der Waals surface area contributed by atoms with Crippen LogP contribution in [0.15, 0.2) is 30.3 Å². The summed E-state index contributed by atoms with van der Waals surface area (Å²) in [7, 11) is -4.31. The number of carbonyl (C=O) groups is 3. The molecule has 1 unspecified atom stereocenters. The van der Waals surface area contributed by atoms with Crippen molar-refractivity contribution in [3.8, 4) is 0 Å². The van der Waals surface area contributed by atoms with Crippen LogP contribution in [0.2, 0.25) is 0 Å². The van der Waals surface area contributed by atoms with E-state index < -0.39 is 46.3 Å². The summed E-state index contributed by atoms with van der Waals surface area (Å²) in [5.74, 6) is -3.50. The smallest absolute Gasteiger partial charge is 0.731 e. The Morgan fingerprint density at radius 2 is 1.88 bits per heavy atom. The Hall–Kier alpha value is -1.50. The number of β-lactam (4-membered cyclic amide) rings is 1. The first kappa shape index (κ1) is 21.5. The van der Waals surface area contributed by atoms with Crippen molar-refractivity contribution in [1.29, 1.82) is 0 Å². The molecule has 0 spiro atoms. The molecule has 2 amide bonds. The Kier molecular flexibility index (Phi) is 7.11. The Bertz CT molecular complexity index is 769. The van der Waals surface area contributed by atoms with E-state index >= 15 is 0 Å². The number of hydrogen-bond acceptors (Lipinski definition) is 8. The number of esters is 1. The number of aliphatic hydroxyl groups excluding tert-OH is 1. The van der Waals surface area contributed by atoms with E-state index in [4.69, 9.17) is 0 Å². The first-order valence-corrected chi connectivity index (χ1v) is 7.95. The molecule has 3 atom stereocenters. The molecule has 1 aliphatic heterocycles. The molecule has 130 valence electrons. The fourth-order valence-corrected chi connectivity index (χ4v) is 3.04. The number of amides is 2. The van der Waals surface area contributed by atoms with Crippen molar-refractivity contribution in [2.75, 3.05) is 7.11 Å². The maximum atomic E-state index is 12.0. The van der Waals surface area contributed by atoms with Crippen LogP contribution in [0.5, 0.6) is 0 Å². The van der Waals surface area contributed by atoms with E-state index in [2.05, 4.69) is 4.74 Å². The van der Waals surface area contributed by atoms with Crippen molar-refractivity contribution in [3.63, 3.8) is 0 Å². The van der Waals surface area contributed by atoms with Crippen molar-refractivity contribution in [1.82, 2.24) is 9.62 Å². The van der Waals surface area contributed by atoms with E-state index in [1.165, 1.54) is 12.1 Å². The zero-order valence-corrected chi connectivity index (χ0v) is 16.1. The van der Waals surface area contributed by atoms with E-state index in [9.17, 15) is 32.5 Å². The molecule has 25 heavy (non-hydrogen) atoms. The van der Waals surface area contributed by atoms with E-state index in [1.807, 2.05) is 5.32 Å². The first-order valence-electron chi connectivity index (χ1n) is 6.58. The van der Waals surface area contributed by atoms with Gasteiger partial charge in [0.1, 0.15) is 6.04 Å². The molecular formula is C13H13N2NaO8S. The molecule has 1 aromatic rings. The van der Waals surface area contributed by atoms with Gasteiger partial charge in [0, 0.05) is 0 Å². The monoisotopic (exact) mass is 380 g/mol. The number of methoxy groups -OCH3 is 1. The van der Waals surface area contributed by atoms with Gasteiger partial charge in [0.15, 0.2) is 22.4 Å². The van der Waals surface area contributed by atoms with Gasteiger partial charge in [-0.15, -0.1) is 0 Å². The maximum Gasteiger partial charge on any atom is 1.00 e. The molecule has 1 heterocycles. The van der Waals surface area contributed by atoms with E-state index in [0.29, 0.717) is 0 Å². The summed E-state index contributed by atoms with van der Waals surface area (Å²) in [6, 6.07) is 4.29. The summed E-state index contributed by atoms with van der Waals surface area (Å²) in [4.78, 5) is 35.4. The van der Waals surface area contributed by atoms with Crippen LogP contribution in [0.1, 0.15) is 11.7 Å². The minimum Gasteiger partial charge on any atom is -0.731 e. The van der Waals surface area contributed by atoms with Gasteiger partial charge in [-0.2, -0.15) is 0 Å². The maximum absolute atomic E-state index is 12.0. The van der Waals surface area contributed by atoms with Crippen molar-refractivity contribution in [3.05, 3.63) is 35.9 Å². The average molecular weight is 380 g/mol. The van der Waals surface area contributed by atoms with Gasteiger partial charge < -0.3 is 19.7 Å². The van der Waals surface area contributed by atoms with E-state index in [-0.39, 0.29) is 39.4 Å². The predicted molar refractivity (Wildman–Crippen MR) is 75.7 cm³/mol. The number of carbonyl (C=O) groups excluding carboxylic acids is 3. The molecule has 0 radical (unpaired) electrons. The quantitative estimate of drug-likeness (QED) is 0.223. The van der Waals surface area contributed by atoms with Crippen molar-refractivity contribution in [2.24, 2.45) is 0 Å². The molecule has 1 aliphatic rings. The van der Waals surface area contributed by atoms with Gasteiger partial charge in [-0.05, 0) is 5.56 Å². The second-order valence-corrected chi connectivity index (χ2v) is 6.11. The third kappa shape index (κ3) is 4.37. The average Bonchev–Trinajstić information content (AvgIpc) is 2.55. The summed E-state index contributed by atoms with van der Waals surface area (Å²) in [5, 5.41) is 12.0. The van der Waals surface area contributed by atoms with Crippen LogP contribution in [0.3, 0.4) is 0 Å². The second-order valence-electron chi connectivity index (χ2n) is 4.86. The Morgan fingerprint density at radius 1 is 1.32 bits per heavy atom. The van der Waals surface area contributed by atoms with Crippen LogP contribution in [-0.4, -0.2) is 59.4 Å². The summed E-state index contributed by atoms with van der Waals surface area (Å²) in [6.45, 7) is 0. The zero-order chi connectivity index (χ0) is 18.1. The number of aliphatic hydroxyl groups is 1. The summed E-state index contributed by atoms with van der Waals surface area (Å²) in [5.41, 5.74) is 0.227. The standard InChI is InChI=1S/C13H14N2O8S.Na/c1-23-13(19)9-8(12(18)15(9)24(20,21)22)14-11(17)10(16)7-5-3-2-4-6-7;/h2-6,8-10,16H,1H3,(H,14,17)(H,20,21,22);/q;+1/p-1/t8-,9-,10?;/m1./s1. The summed E-state index contributed by atoms with van der Waals surface area (Å²) in [6.07, 6.45) is -1.64. The molecule has 10 nitrogen and oxygen atoms in total. The molecule has 1 fully saturated rings. The minimum atomic E-state index is -5.24. The topological polar surface area (TPSA) is 153 Å². The molecule has 0 aliphatic carbocycles. The van der Waals surface area contributed by atoms with Crippen LogP contribution in [0, 0.1) is 0 Å². The number of rotatable bonds is 5. The predicted octanol–water partition coefficient (Wildman–Crippen LogP) is -4.95. The largest absolute Gasteiger partial charge is 1.00 e. The van der Waals surface area contributed by atoms with Crippen LogP contribution in [-0.2, 0) is 29.4 Å². The number of ether oxygens (including phenoxy) is 1. The van der Waals surface area contributed by atoms with Crippen molar-refractivity contribution >= 4 is 28.1 Å². The second kappa shape index (κ2) is 8.25. The molecule has 0 aromatic heterocycles. The van der Waals surface area contributed by atoms with Crippen molar-refractivity contribution in [2.45, 2.75) is 18.2 Å². The molecule has 1 aromatic carbocycles. The Balaban J connectivity index is 0.00000312. The number of nitrogens with one attached hydrogen (secondary N) is 1.